The van der Waals surface area contributed by atoms with Crippen LogP contribution in [0.1, 0.15) is 57.6 Å². The highest BCUT2D eigenvalue weighted by molar-refractivity contribution is 6.31. The molecule has 0 saturated heterocycles. The zero-order valence-corrected chi connectivity index (χ0v) is 23.3. The molecule has 0 amide bonds. The van der Waals surface area contributed by atoms with Crippen LogP contribution < -0.4 is 15.0 Å². The van der Waals surface area contributed by atoms with Gasteiger partial charge in [-0.2, -0.15) is 5.10 Å². The van der Waals surface area contributed by atoms with E-state index in [0.29, 0.717) is 35.8 Å². The number of carboxylic acids is 2. The Bertz CT molecular complexity index is 1300. The maximum Gasteiger partial charge on any atom is 0.336 e. The number of nitrogens with zero attached hydrogens (tertiary/aromatic N) is 2. The zero-order chi connectivity index (χ0) is 28.9. The number of likely N-dealkylation sites (N-methyl/N-ethyl adjacent to an activating group) is 1. The number of hydrogen-bond donors (Lipinski definition) is 4. The summed E-state index contributed by atoms with van der Waals surface area (Å²) in [7, 11) is 2.03. The first-order chi connectivity index (χ1) is 18.4. The van der Waals surface area contributed by atoms with Gasteiger partial charge in [0.15, 0.2) is 0 Å². The van der Waals surface area contributed by atoms with E-state index in [1.807, 2.05) is 26.1 Å². The molecule has 1 atom stereocenters. The van der Waals surface area contributed by atoms with Crippen molar-refractivity contribution in [2.75, 3.05) is 30.4 Å². The van der Waals surface area contributed by atoms with Gasteiger partial charge in [0.1, 0.15) is 17.2 Å². The Morgan fingerprint density at radius 1 is 1.21 bits per heavy atom. The molecule has 0 aliphatic carbocycles. The number of hydrogen-bond acceptors (Lipinski definition) is 8. The van der Waals surface area contributed by atoms with Gasteiger partial charge in [0.25, 0.3) is 0 Å². The molecule has 1 aromatic heterocycles. The number of ether oxygens (including phenoxy) is 2. The van der Waals surface area contributed by atoms with Gasteiger partial charge < -0.3 is 29.9 Å². The molecule has 0 saturated carbocycles. The molecule has 0 spiro atoms. The lowest BCUT2D eigenvalue weighted by Gasteiger charge is -2.41. The molecule has 210 valence electrons. The van der Waals surface area contributed by atoms with Crippen molar-refractivity contribution in [2.45, 2.75) is 52.1 Å². The summed E-state index contributed by atoms with van der Waals surface area (Å²) >= 11 is 6.57. The van der Waals surface area contributed by atoms with Gasteiger partial charge in [0, 0.05) is 41.0 Å². The Morgan fingerprint density at radius 3 is 2.46 bits per heavy atom. The standard InChI is InChI=1S/C23H29ClN4O3.C4H4O4/c1-6-8-16-19(22(29)30-7-2)18(15-11-25-27-21(15)26-16)14-9-13(24)10-17-20(14)31-23(3,4)12-28(17)5;5-3(6)1-2-4(7)8/h9-11,18H,6-8,12H2,1-5H3,(H2,25,26,27);1-2H,(H,5,6)(H,7,8)/b;2-1-. The molecule has 12 heteroatoms. The van der Waals surface area contributed by atoms with Crippen molar-refractivity contribution in [3.8, 4) is 5.75 Å². The van der Waals surface area contributed by atoms with Crippen molar-refractivity contribution in [3.05, 3.63) is 57.9 Å². The summed E-state index contributed by atoms with van der Waals surface area (Å²) < 4.78 is 12.0. The average molecular weight is 561 g/mol. The zero-order valence-electron chi connectivity index (χ0n) is 22.5. The SMILES string of the molecule is CCCC1=C(C(=O)OCC)C(c2cc(Cl)cc3c2OC(C)(C)CN3C)c2cn[nH]c2N1.O=C(O)/C=C\C(=O)O. The third-order valence-corrected chi connectivity index (χ3v) is 6.23. The number of halogens is 1. The highest BCUT2D eigenvalue weighted by Crippen LogP contribution is 2.50. The molecule has 39 heavy (non-hydrogen) atoms. The van der Waals surface area contributed by atoms with Crippen molar-refractivity contribution >= 4 is 41.0 Å². The minimum atomic E-state index is -1.26. The molecule has 4 N–H and O–H groups in total. The van der Waals surface area contributed by atoms with Crippen molar-refractivity contribution in [1.82, 2.24) is 10.2 Å². The van der Waals surface area contributed by atoms with E-state index in [1.165, 1.54) is 0 Å². The van der Waals surface area contributed by atoms with E-state index in [2.05, 4.69) is 41.2 Å². The van der Waals surface area contributed by atoms with Gasteiger partial charge in [-0.15, -0.1) is 0 Å². The number of aromatic amines is 1. The smallest absolute Gasteiger partial charge is 0.336 e. The number of H-pyrrole nitrogens is 1. The van der Waals surface area contributed by atoms with Crippen LogP contribution in [-0.4, -0.2) is 64.1 Å². The molecule has 2 aromatic rings. The number of fused-ring (bicyclic) bond motifs is 2. The van der Waals surface area contributed by atoms with Crippen LogP contribution in [0.15, 0.2) is 41.8 Å². The summed E-state index contributed by atoms with van der Waals surface area (Å²) in [6.07, 6.45) is 4.45. The molecule has 0 radical (unpaired) electrons. The molecule has 3 heterocycles. The third kappa shape index (κ3) is 6.91. The Morgan fingerprint density at radius 2 is 1.87 bits per heavy atom. The molecule has 2 aliphatic heterocycles. The molecule has 4 rings (SSSR count). The van der Waals surface area contributed by atoms with E-state index in [-0.39, 0.29) is 5.97 Å². The summed E-state index contributed by atoms with van der Waals surface area (Å²) in [5.41, 5.74) is 3.63. The summed E-state index contributed by atoms with van der Waals surface area (Å²) in [6.45, 7) is 9.03. The maximum absolute atomic E-state index is 13.2. The van der Waals surface area contributed by atoms with Crippen molar-refractivity contribution in [1.29, 1.82) is 0 Å². The number of carboxylic acid groups (broad SMARTS) is 2. The van der Waals surface area contributed by atoms with Crippen LogP contribution in [-0.2, 0) is 19.1 Å². The van der Waals surface area contributed by atoms with E-state index in [0.717, 1.165) is 47.0 Å². The van der Waals surface area contributed by atoms with Gasteiger partial charge in [-0.05, 0) is 39.3 Å². The van der Waals surface area contributed by atoms with Gasteiger partial charge >= 0.3 is 17.9 Å². The second-order valence-corrected chi connectivity index (χ2v) is 10.1. The summed E-state index contributed by atoms with van der Waals surface area (Å²) in [4.78, 5) is 34.5. The molecule has 1 aromatic carbocycles. The van der Waals surface area contributed by atoms with Crippen LogP contribution in [0.5, 0.6) is 5.75 Å². The van der Waals surface area contributed by atoms with E-state index >= 15 is 0 Å². The number of allylic oxidation sites excluding steroid dienone is 1. The van der Waals surface area contributed by atoms with Crippen LogP contribution in [0, 0.1) is 0 Å². The van der Waals surface area contributed by atoms with Crippen LogP contribution in [0.3, 0.4) is 0 Å². The molecule has 1 unspecified atom stereocenters. The lowest BCUT2D eigenvalue weighted by Crippen LogP contribution is -2.45. The van der Waals surface area contributed by atoms with Crippen LogP contribution >= 0.6 is 11.6 Å². The molecule has 11 nitrogen and oxygen atoms in total. The molecule has 2 aliphatic rings. The van der Waals surface area contributed by atoms with Gasteiger partial charge in [-0.25, -0.2) is 14.4 Å². The summed E-state index contributed by atoms with van der Waals surface area (Å²) in [5.74, 6) is -1.75. The van der Waals surface area contributed by atoms with E-state index in [4.69, 9.17) is 31.3 Å². The predicted octanol–water partition coefficient (Wildman–Crippen LogP) is 4.56. The Labute approximate surface area is 231 Å². The number of aromatic nitrogens is 2. The second kappa shape index (κ2) is 12.2. The Hall–Kier alpha value is -3.99. The molecule has 0 bridgehead atoms. The fourth-order valence-corrected chi connectivity index (χ4v) is 4.92. The number of benzene rings is 1. The number of aliphatic carboxylic acids is 2. The first-order valence-electron chi connectivity index (χ1n) is 12.5. The van der Waals surface area contributed by atoms with E-state index < -0.39 is 23.5 Å². The Kier molecular flexibility index (Phi) is 9.28. The summed E-state index contributed by atoms with van der Waals surface area (Å²) in [5, 5.41) is 26.8. The van der Waals surface area contributed by atoms with Gasteiger partial charge in [-0.3, -0.25) is 5.10 Å². The normalized spacial score (nSPS) is 17.3. The monoisotopic (exact) mass is 560 g/mol. The van der Waals surface area contributed by atoms with Crippen molar-refractivity contribution in [3.63, 3.8) is 0 Å². The van der Waals surface area contributed by atoms with Crippen LogP contribution in [0.25, 0.3) is 0 Å². The van der Waals surface area contributed by atoms with E-state index in [9.17, 15) is 14.4 Å². The van der Waals surface area contributed by atoms with Gasteiger partial charge in [0.05, 0.1) is 36.5 Å². The number of rotatable bonds is 7. The fourth-order valence-electron chi connectivity index (χ4n) is 4.70. The number of carbonyl (C=O) groups excluding carboxylic acids is 1. The minimum absolute atomic E-state index is 0.298. The topological polar surface area (TPSA) is 154 Å². The summed E-state index contributed by atoms with van der Waals surface area (Å²) in [6, 6.07) is 3.80. The predicted molar refractivity (Wildman–Crippen MR) is 146 cm³/mol. The second-order valence-electron chi connectivity index (χ2n) is 9.69. The number of carbonyl (C=O) groups is 3. The number of esters is 1. The number of nitrogens with one attached hydrogen (secondary N) is 2. The highest BCUT2D eigenvalue weighted by atomic mass is 35.5. The van der Waals surface area contributed by atoms with Crippen molar-refractivity contribution < 1.29 is 34.1 Å². The minimum Gasteiger partial charge on any atom is -0.484 e. The average Bonchev–Trinajstić information content (AvgIpc) is 3.31. The van der Waals surface area contributed by atoms with Crippen LogP contribution in [0.2, 0.25) is 5.02 Å². The van der Waals surface area contributed by atoms with Gasteiger partial charge in [-0.1, -0.05) is 24.9 Å². The quantitative estimate of drug-likeness (QED) is 0.280. The lowest BCUT2D eigenvalue weighted by atomic mass is 9.81. The highest BCUT2D eigenvalue weighted by Gasteiger charge is 2.40. The lowest BCUT2D eigenvalue weighted by molar-refractivity contribution is -0.139. The third-order valence-electron chi connectivity index (χ3n) is 6.01. The van der Waals surface area contributed by atoms with Crippen LogP contribution in [0.4, 0.5) is 11.5 Å². The molecular formula is C27H33ClN4O7. The molecular weight excluding hydrogens is 528 g/mol. The first kappa shape index (κ1) is 29.6. The molecule has 0 fully saturated rings. The maximum atomic E-state index is 13.2. The largest absolute Gasteiger partial charge is 0.484 e. The Balaban J connectivity index is 0.000000459. The fraction of sp³-hybridized carbons (Fsp3) is 0.407. The first-order valence-corrected chi connectivity index (χ1v) is 12.8. The van der Waals surface area contributed by atoms with E-state index in [1.54, 1.807) is 6.20 Å². The number of anilines is 2. The van der Waals surface area contributed by atoms with Gasteiger partial charge in [0.2, 0.25) is 0 Å². The van der Waals surface area contributed by atoms with Crippen molar-refractivity contribution in [2.24, 2.45) is 0 Å².